The summed E-state index contributed by atoms with van der Waals surface area (Å²) in [7, 11) is 0. The second-order valence-corrected chi connectivity index (χ2v) is 9.54. The number of rotatable bonds is 5. The molecule has 0 amide bonds. The summed E-state index contributed by atoms with van der Waals surface area (Å²) in [6.45, 7) is 2.60. The Morgan fingerprint density at radius 1 is 1.00 bits per heavy atom. The Morgan fingerprint density at radius 2 is 1.71 bits per heavy atom. The Morgan fingerprint density at radius 3 is 2.34 bits per heavy atom. The van der Waals surface area contributed by atoms with Gasteiger partial charge in [0.05, 0.1) is 30.7 Å². The maximum atomic E-state index is 10.6. The summed E-state index contributed by atoms with van der Waals surface area (Å²) in [4.78, 5) is 0. The lowest BCUT2D eigenvalue weighted by molar-refractivity contribution is -0.296. The van der Waals surface area contributed by atoms with E-state index in [0.717, 1.165) is 18.4 Å². The molecule has 1 saturated carbocycles. The van der Waals surface area contributed by atoms with Crippen LogP contribution in [0.3, 0.4) is 0 Å². The summed E-state index contributed by atoms with van der Waals surface area (Å²) in [5, 5.41) is 40.3. The van der Waals surface area contributed by atoms with Crippen molar-refractivity contribution in [2.45, 2.75) is 50.4 Å². The normalized spacial score (nSPS) is 32.3. The molecule has 2 bridgehead atoms. The molecule has 1 aliphatic carbocycles. The van der Waals surface area contributed by atoms with Crippen LogP contribution in [0.5, 0.6) is 5.75 Å². The summed E-state index contributed by atoms with van der Waals surface area (Å²) in [6.07, 6.45) is 1.52. The van der Waals surface area contributed by atoms with E-state index in [4.69, 9.17) is 19.6 Å². The molecule has 176 valence electrons. The number of nitrogens with one attached hydrogen (secondary N) is 1. The van der Waals surface area contributed by atoms with E-state index in [1.54, 1.807) is 24.3 Å². The van der Waals surface area contributed by atoms with Crippen LogP contribution in [-0.4, -0.2) is 18.3 Å². The van der Waals surface area contributed by atoms with Crippen molar-refractivity contribution in [3.63, 3.8) is 0 Å². The average Bonchev–Trinajstić information content (AvgIpc) is 3.11. The Bertz CT molecular complexity index is 1240. The highest BCUT2D eigenvalue weighted by Crippen LogP contribution is 2.70. The second-order valence-electron chi connectivity index (χ2n) is 9.54. The predicted octanol–water partition coefficient (Wildman–Crippen LogP) is 5.38. The molecule has 2 saturated heterocycles. The summed E-state index contributed by atoms with van der Waals surface area (Å²) in [5.74, 6) is -1.40. The quantitative estimate of drug-likeness (QED) is 0.631. The van der Waals surface area contributed by atoms with Gasteiger partial charge in [-0.3, -0.25) is 5.41 Å². The molecule has 5 rings (SSSR count). The zero-order valence-corrected chi connectivity index (χ0v) is 19.5. The highest BCUT2D eigenvalue weighted by molar-refractivity contribution is 5.89. The molecule has 2 heterocycles. The molecule has 2 aromatic carbocycles. The molecular weight excluding hydrogens is 440 g/mol. The van der Waals surface area contributed by atoms with Crippen molar-refractivity contribution in [1.82, 2.24) is 0 Å². The van der Waals surface area contributed by atoms with E-state index in [-0.39, 0.29) is 11.8 Å². The maximum Gasteiger partial charge on any atom is 0.217 e. The second kappa shape index (κ2) is 8.42. The fraction of sp³-hybridized carbons (Fsp3) is 0.429. The van der Waals surface area contributed by atoms with E-state index >= 15 is 0 Å². The largest absolute Gasteiger partial charge is 0.494 e. The number of hydrogen-bond acceptors (Lipinski definition) is 7. The van der Waals surface area contributed by atoms with Gasteiger partial charge in [0, 0.05) is 6.42 Å². The van der Waals surface area contributed by atoms with Gasteiger partial charge < -0.3 is 14.2 Å². The van der Waals surface area contributed by atoms with Crippen LogP contribution >= 0.6 is 0 Å². The van der Waals surface area contributed by atoms with Gasteiger partial charge >= 0.3 is 0 Å². The van der Waals surface area contributed by atoms with Crippen molar-refractivity contribution in [2.24, 2.45) is 16.7 Å². The molecule has 5 unspecified atom stereocenters. The van der Waals surface area contributed by atoms with Crippen LogP contribution < -0.4 is 4.74 Å². The van der Waals surface area contributed by atoms with Crippen LogP contribution in [-0.2, 0) is 9.47 Å². The lowest BCUT2D eigenvalue weighted by atomic mass is 9.50. The standard InChI is InChI=1S/C28H26N4O3/c1-2-14-33-22-10-8-20(9-11-22)24-26(16-29,17-30)27(18-31)23-15-21(19-6-4-3-5-7-19)12-13-28(23,34-24)35-25(27)32/h3-11,21,23-24,32H,2,12-15H2,1H3. The Balaban J connectivity index is 1.60. The van der Waals surface area contributed by atoms with E-state index in [9.17, 15) is 15.8 Å². The average molecular weight is 467 g/mol. The van der Waals surface area contributed by atoms with Gasteiger partial charge in [-0.1, -0.05) is 49.4 Å². The molecule has 0 spiro atoms. The highest BCUT2D eigenvalue weighted by atomic mass is 16.7. The van der Waals surface area contributed by atoms with Gasteiger partial charge in [0.15, 0.2) is 5.41 Å². The Kier molecular flexibility index (Phi) is 5.51. The number of ether oxygens (including phenoxy) is 3. The van der Waals surface area contributed by atoms with Crippen molar-refractivity contribution in [3.05, 3.63) is 65.7 Å². The van der Waals surface area contributed by atoms with Crippen molar-refractivity contribution >= 4 is 5.90 Å². The number of hydrogen-bond donors (Lipinski definition) is 1. The predicted molar refractivity (Wildman–Crippen MR) is 126 cm³/mol. The third kappa shape index (κ3) is 3.07. The molecule has 0 aromatic heterocycles. The molecule has 5 atom stereocenters. The zero-order chi connectivity index (χ0) is 24.7. The summed E-state index contributed by atoms with van der Waals surface area (Å²) >= 11 is 0. The van der Waals surface area contributed by atoms with Gasteiger partial charge in [-0.05, 0) is 48.4 Å². The minimum atomic E-state index is -1.95. The van der Waals surface area contributed by atoms with Crippen molar-refractivity contribution in [3.8, 4) is 24.0 Å². The minimum absolute atomic E-state index is 0.113. The smallest absolute Gasteiger partial charge is 0.217 e. The van der Waals surface area contributed by atoms with E-state index in [0.29, 0.717) is 30.8 Å². The van der Waals surface area contributed by atoms with Gasteiger partial charge in [0.2, 0.25) is 17.1 Å². The van der Waals surface area contributed by atoms with E-state index in [1.165, 1.54) is 0 Å². The van der Waals surface area contributed by atoms with Gasteiger partial charge in [0.1, 0.15) is 11.9 Å². The van der Waals surface area contributed by atoms with Crippen LogP contribution in [0.4, 0.5) is 0 Å². The molecule has 7 heteroatoms. The van der Waals surface area contributed by atoms with E-state index < -0.39 is 28.6 Å². The summed E-state index contributed by atoms with van der Waals surface area (Å²) < 4.78 is 18.3. The van der Waals surface area contributed by atoms with Gasteiger partial charge in [-0.15, -0.1) is 0 Å². The third-order valence-electron chi connectivity index (χ3n) is 7.84. The highest BCUT2D eigenvalue weighted by Gasteiger charge is 2.81. The fourth-order valence-electron chi connectivity index (χ4n) is 6.13. The van der Waals surface area contributed by atoms with Crippen LogP contribution in [0.15, 0.2) is 54.6 Å². The first kappa shape index (κ1) is 22.9. The molecule has 1 N–H and O–H groups in total. The van der Waals surface area contributed by atoms with Gasteiger partial charge in [-0.2, -0.15) is 15.8 Å². The molecule has 3 aliphatic rings. The van der Waals surface area contributed by atoms with E-state index in [1.807, 2.05) is 37.3 Å². The van der Waals surface area contributed by atoms with Gasteiger partial charge in [-0.25, -0.2) is 0 Å². The third-order valence-corrected chi connectivity index (χ3v) is 7.84. The first-order valence-corrected chi connectivity index (χ1v) is 12.0. The Labute approximate surface area is 205 Å². The molecule has 2 aromatic rings. The SMILES string of the molecule is CCCOc1ccc(C2OC34CCC(c5ccccc5)CC3C(C#N)(C(=N)O4)C2(C#N)C#N)cc1. The monoisotopic (exact) mass is 466 g/mol. The lowest BCUT2D eigenvalue weighted by Crippen LogP contribution is -2.60. The first-order valence-electron chi connectivity index (χ1n) is 12.0. The molecule has 7 nitrogen and oxygen atoms in total. The van der Waals surface area contributed by atoms with Crippen LogP contribution in [0.25, 0.3) is 0 Å². The van der Waals surface area contributed by atoms with Crippen LogP contribution in [0, 0.1) is 56.2 Å². The Hall–Kier alpha value is -3.86. The lowest BCUT2D eigenvalue weighted by Gasteiger charge is -2.52. The summed E-state index contributed by atoms with van der Waals surface area (Å²) in [6, 6.07) is 23.6. The topological polar surface area (TPSA) is 123 Å². The molecular formula is C28H26N4O3. The molecule has 0 radical (unpaired) electrons. The fourth-order valence-corrected chi connectivity index (χ4v) is 6.13. The minimum Gasteiger partial charge on any atom is -0.494 e. The van der Waals surface area contributed by atoms with Crippen LogP contribution in [0.1, 0.15) is 55.8 Å². The number of nitrogens with zero attached hydrogens (tertiary/aromatic N) is 3. The molecule has 35 heavy (non-hydrogen) atoms. The van der Waals surface area contributed by atoms with Crippen molar-refractivity contribution in [1.29, 1.82) is 21.2 Å². The maximum absolute atomic E-state index is 10.6. The number of benzene rings is 2. The first-order chi connectivity index (χ1) is 17.0. The van der Waals surface area contributed by atoms with E-state index in [2.05, 4.69) is 18.2 Å². The van der Waals surface area contributed by atoms with Gasteiger partial charge in [0.25, 0.3) is 0 Å². The zero-order valence-electron chi connectivity index (χ0n) is 19.5. The molecule has 2 aliphatic heterocycles. The summed E-state index contributed by atoms with van der Waals surface area (Å²) in [5.41, 5.74) is -1.98. The number of nitriles is 3. The van der Waals surface area contributed by atoms with Crippen molar-refractivity contribution < 1.29 is 14.2 Å². The van der Waals surface area contributed by atoms with Crippen molar-refractivity contribution in [2.75, 3.05) is 6.61 Å². The molecule has 3 fully saturated rings. The van der Waals surface area contributed by atoms with Crippen LogP contribution in [0.2, 0.25) is 0 Å².